The van der Waals surface area contributed by atoms with E-state index in [2.05, 4.69) is 10.6 Å². The van der Waals surface area contributed by atoms with Crippen LogP contribution in [0, 0.1) is 0 Å². The normalized spacial score (nSPS) is 11.0. The van der Waals surface area contributed by atoms with Crippen LogP contribution in [0.2, 0.25) is 0 Å². The van der Waals surface area contributed by atoms with E-state index >= 15 is 0 Å². The number of rotatable bonds is 10. The van der Waals surface area contributed by atoms with Crippen LogP contribution in [0.25, 0.3) is 0 Å². The van der Waals surface area contributed by atoms with Crippen LogP contribution in [0.15, 0.2) is 0 Å². The summed E-state index contributed by atoms with van der Waals surface area (Å²) in [4.78, 5) is 0. The van der Waals surface area contributed by atoms with Crippen molar-refractivity contribution in [3.63, 3.8) is 0 Å². The summed E-state index contributed by atoms with van der Waals surface area (Å²) in [6.45, 7) is 11.4. The average Bonchev–Trinajstić information content (AvgIpc) is 2.27. The highest BCUT2D eigenvalue weighted by Crippen LogP contribution is 1.90. The van der Waals surface area contributed by atoms with Crippen molar-refractivity contribution >= 4 is 17.3 Å². The molecule has 18 heavy (non-hydrogen) atoms. The third-order valence-electron chi connectivity index (χ3n) is 2.12. The first-order valence-corrected chi connectivity index (χ1v) is 7.18. The summed E-state index contributed by atoms with van der Waals surface area (Å²) < 4.78 is 10.9. The molecule has 0 aromatic carbocycles. The smallest absolute Gasteiger partial charge is 0.166 e. The summed E-state index contributed by atoms with van der Waals surface area (Å²) in [7, 11) is 0. The van der Waals surface area contributed by atoms with Gasteiger partial charge < -0.3 is 20.1 Å². The molecule has 0 aliphatic carbocycles. The molecule has 0 amide bonds. The number of hydrogen-bond donors (Lipinski definition) is 2. The van der Waals surface area contributed by atoms with E-state index in [4.69, 9.17) is 21.7 Å². The molecule has 0 saturated carbocycles. The fourth-order valence-corrected chi connectivity index (χ4v) is 1.45. The van der Waals surface area contributed by atoms with Crippen LogP contribution >= 0.6 is 12.2 Å². The Kier molecular flexibility index (Phi) is 11.4. The molecule has 0 radical (unpaired) electrons. The van der Waals surface area contributed by atoms with Crippen LogP contribution < -0.4 is 10.6 Å². The van der Waals surface area contributed by atoms with Crippen molar-refractivity contribution < 1.29 is 9.47 Å². The van der Waals surface area contributed by atoms with E-state index in [9.17, 15) is 0 Å². The summed E-state index contributed by atoms with van der Waals surface area (Å²) in [5.41, 5.74) is 0. The van der Waals surface area contributed by atoms with E-state index in [1.807, 2.05) is 27.7 Å². The minimum atomic E-state index is 0.302. The van der Waals surface area contributed by atoms with E-state index in [0.29, 0.717) is 17.3 Å². The van der Waals surface area contributed by atoms with Gasteiger partial charge in [-0.15, -0.1) is 0 Å². The third-order valence-corrected chi connectivity index (χ3v) is 2.40. The van der Waals surface area contributed by atoms with Crippen molar-refractivity contribution in [2.24, 2.45) is 0 Å². The maximum Gasteiger partial charge on any atom is 0.166 e. The highest BCUT2D eigenvalue weighted by molar-refractivity contribution is 7.80. The molecule has 0 saturated heterocycles. The Labute approximate surface area is 117 Å². The van der Waals surface area contributed by atoms with Gasteiger partial charge in [-0.05, 0) is 52.8 Å². The number of nitrogens with one attached hydrogen (secondary N) is 2. The van der Waals surface area contributed by atoms with E-state index < -0.39 is 0 Å². The van der Waals surface area contributed by atoms with Crippen LogP contribution in [-0.2, 0) is 9.47 Å². The molecule has 0 fully saturated rings. The van der Waals surface area contributed by atoms with Gasteiger partial charge in [-0.2, -0.15) is 0 Å². The van der Waals surface area contributed by atoms with Crippen LogP contribution in [0.4, 0.5) is 0 Å². The molecular formula is C13H28N2O2S. The molecule has 0 atom stereocenters. The Hall–Kier alpha value is -0.390. The lowest BCUT2D eigenvalue weighted by Gasteiger charge is -2.12. The van der Waals surface area contributed by atoms with E-state index in [1.165, 1.54) is 0 Å². The first-order chi connectivity index (χ1) is 8.52. The Bertz CT molecular complexity index is 191. The second-order valence-electron chi connectivity index (χ2n) is 4.73. The van der Waals surface area contributed by atoms with Crippen LogP contribution in [0.5, 0.6) is 0 Å². The standard InChI is InChI=1S/C13H28N2O2S/c1-11(2)16-9-5-7-14-13(18)15-8-6-10-17-12(3)4/h11-12H,5-10H2,1-4H3,(H2,14,15,18). The van der Waals surface area contributed by atoms with Crippen LogP contribution in [0.3, 0.4) is 0 Å². The summed E-state index contributed by atoms with van der Waals surface area (Å²) in [5.74, 6) is 0. The van der Waals surface area contributed by atoms with Crippen molar-refractivity contribution in [2.45, 2.75) is 52.7 Å². The van der Waals surface area contributed by atoms with E-state index in [0.717, 1.165) is 39.1 Å². The molecule has 0 heterocycles. The fraction of sp³-hybridized carbons (Fsp3) is 0.923. The van der Waals surface area contributed by atoms with Gasteiger partial charge in [0.25, 0.3) is 0 Å². The first-order valence-electron chi connectivity index (χ1n) is 6.77. The summed E-state index contributed by atoms with van der Waals surface area (Å²) in [6.07, 6.45) is 2.54. The van der Waals surface area contributed by atoms with Gasteiger partial charge in [0.1, 0.15) is 0 Å². The molecule has 4 nitrogen and oxygen atoms in total. The van der Waals surface area contributed by atoms with Crippen molar-refractivity contribution in [1.82, 2.24) is 10.6 Å². The molecule has 0 bridgehead atoms. The Morgan fingerprint density at radius 1 is 0.889 bits per heavy atom. The van der Waals surface area contributed by atoms with E-state index in [1.54, 1.807) is 0 Å². The predicted octanol–water partition coefficient (Wildman–Crippen LogP) is 2.08. The minimum absolute atomic E-state index is 0.302. The third kappa shape index (κ3) is 13.7. The van der Waals surface area contributed by atoms with Gasteiger partial charge >= 0.3 is 0 Å². The number of ether oxygens (including phenoxy) is 2. The minimum Gasteiger partial charge on any atom is -0.379 e. The Balaban J connectivity index is 3.22. The van der Waals surface area contributed by atoms with Gasteiger partial charge in [-0.3, -0.25) is 0 Å². The van der Waals surface area contributed by atoms with Crippen molar-refractivity contribution in [3.05, 3.63) is 0 Å². The molecule has 0 aliphatic heterocycles. The van der Waals surface area contributed by atoms with Crippen molar-refractivity contribution in [1.29, 1.82) is 0 Å². The van der Waals surface area contributed by atoms with Crippen LogP contribution in [0.1, 0.15) is 40.5 Å². The zero-order chi connectivity index (χ0) is 13.8. The molecular weight excluding hydrogens is 248 g/mol. The zero-order valence-electron chi connectivity index (χ0n) is 12.1. The molecule has 0 aromatic rings. The van der Waals surface area contributed by atoms with Crippen LogP contribution in [-0.4, -0.2) is 43.6 Å². The molecule has 5 heteroatoms. The van der Waals surface area contributed by atoms with Crippen molar-refractivity contribution in [2.75, 3.05) is 26.3 Å². The largest absolute Gasteiger partial charge is 0.379 e. The first kappa shape index (κ1) is 17.6. The van der Waals surface area contributed by atoms with Crippen molar-refractivity contribution in [3.8, 4) is 0 Å². The maximum absolute atomic E-state index is 5.44. The molecule has 0 rings (SSSR count). The average molecular weight is 276 g/mol. The summed E-state index contributed by atoms with van der Waals surface area (Å²) >= 11 is 5.15. The lowest BCUT2D eigenvalue weighted by molar-refractivity contribution is 0.0775. The molecule has 0 aromatic heterocycles. The lowest BCUT2D eigenvalue weighted by Crippen LogP contribution is -2.37. The number of thiocarbonyl (C=S) groups is 1. The monoisotopic (exact) mass is 276 g/mol. The molecule has 2 N–H and O–H groups in total. The second kappa shape index (κ2) is 11.7. The van der Waals surface area contributed by atoms with Gasteiger partial charge in [0.15, 0.2) is 5.11 Å². The van der Waals surface area contributed by atoms with Gasteiger partial charge in [0, 0.05) is 26.3 Å². The topological polar surface area (TPSA) is 42.5 Å². The van der Waals surface area contributed by atoms with Gasteiger partial charge in [0.2, 0.25) is 0 Å². The second-order valence-corrected chi connectivity index (χ2v) is 5.14. The van der Waals surface area contributed by atoms with E-state index in [-0.39, 0.29) is 0 Å². The molecule has 0 unspecified atom stereocenters. The van der Waals surface area contributed by atoms with Gasteiger partial charge in [-0.25, -0.2) is 0 Å². The maximum atomic E-state index is 5.44. The quantitative estimate of drug-likeness (QED) is 0.472. The number of hydrogen-bond acceptors (Lipinski definition) is 3. The highest BCUT2D eigenvalue weighted by atomic mass is 32.1. The Morgan fingerprint density at radius 3 is 1.61 bits per heavy atom. The lowest BCUT2D eigenvalue weighted by atomic mass is 10.4. The molecule has 108 valence electrons. The molecule has 0 aliphatic rings. The van der Waals surface area contributed by atoms with Gasteiger partial charge in [0.05, 0.1) is 12.2 Å². The SMILES string of the molecule is CC(C)OCCCNC(=S)NCCCOC(C)C. The Morgan fingerprint density at radius 2 is 1.28 bits per heavy atom. The fourth-order valence-electron chi connectivity index (χ4n) is 1.25. The predicted molar refractivity (Wildman–Crippen MR) is 80.0 cm³/mol. The highest BCUT2D eigenvalue weighted by Gasteiger charge is 1.97. The van der Waals surface area contributed by atoms with Gasteiger partial charge in [-0.1, -0.05) is 0 Å². The zero-order valence-corrected chi connectivity index (χ0v) is 12.9. The molecule has 0 spiro atoms. The summed E-state index contributed by atoms with van der Waals surface area (Å²) in [6, 6.07) is 0. The summed E-state index contributed by atoms with van der Waals surface area (Å²) in [5, 5.41) is 7.02.